The third-order valence-corrected chi connectivity index (χ3v) is 4.56. The number of benzene rings is 1. The number of hydrogen-bond acceptors (Lipinski definition) is 6. The molecule has 1 atom stereocenters. The SMILES string of the molecule is COc1cc2ccnc(NC3CCN(c4ccn[nH]4)C3=O)c2cc1OC. The van der Waals surface area contributed by atoms with Crippen LogP contribution in [-0.4, -0.2) is 47.9 Å². The van der Waals surface area contributed by atoms with Crippen molar-refractivity contribution in [3.8, 4) is 11.5 Å². The number of amides is 1. The first-order valence-electron chi connectivity index (χ1n) is 8.29. The van der Waals surface area contributed by atoms with E-state index < -0.39 is 0 Å². The highest BCUT2D eigenvalue weighted by atomic mass is 16.5. The maximum Gasteiger partial charge on any atom is 0.250 e. The normalized spacial score (nSPS) is 16.9. The Bertz CT molecular complexity index is 941. The van der Waals surface area contributed by atoms with Crippen LogP contribution >= 0.6 is 0 Å². The molecule has 1 amide bonds. The minimum Gasteiger partial charge on any atom is -0.493 e. The van der Waals surface area contributed by atoms with E-state index in [-0.39, 0.29) is 11.9 Å². The quantitative estimate of drug-likeness (QED) is 0.730. The van der Waals surface area contributed by atoms with E-state index in [1.807, 2.05) is 18.2 Å². The van der Waals surface area contributed by atoms with Crippen molar-refractivity contribution in [3.05, 3.63) is 36.7 Å². The number of aromatic nitrogens is 3. The van der Waals surface area contributed by atoms with Gasteiger partial charge in [-0.1, -0.05) is 0 Å². The molecule has 1 unspecified atom stereocenters. The molecule has 1 aliphatic heterocycles. The summed E-state index contributed by atoms with van der Waals surface area (Å²) in [6, 6.07) is 7.11. The molecule has 0 aliphatic carbocycles. The Morgan fingerprint density at radius 2 is 2.00 bits per heavy atom. The molecule has 8 heteroatoms. The van der Waals surface area contributed by atoms with Crippen LogP contribution in [0, 0.1) is 0 Å². The van der Waals surface area contributed by atoms with Gasteiger partial charge in [0.15, 0.2) is 11.5 Å². The van der Waals surface area contributed by atoms with Crippen LogP contribution in [0.15, 0.2) is 36.7 Å². The Morgan fingerprint density at radius 3 is 2.73 bits per heavy atom. The molecule has 3 aromatic rings. The zero-order valence-corrected chi connectivity index (χ0v) is 14.5. The second-order valence-corrected chi connectivity index (χ2v) is 6.01. The van der Waals surface area contributed by atoms with Crippen LogP contribution in [-0.2, 0) is 4.79 Å². The van der Waals surface area contributed by atoms with E-state index in [0.29, 0.717) is 36.1 Å². The number of carbonyl (C=O) groups is 1. The fourth-order valence-corrected chi connectivity index (χ4v) is 3.23. The predicted molar refractivity (Wildman–Crippen MR) is 97.8 cm³/mol. The zero-order chi connectivity index (χ0) is 18.1. The summed E-state index contributed by atoms with van der Waals surface area (Å²) in [5.74, 6) is 2.62. The topological polar surface area (TPSA) is 92.4 Å². The molecule has 0 radical (unpaired) electrons. The van der Waals surface area contributed by atoms with Crippen molar-refractivity contribution >= 4 is 28.3 Å². The summed E-state index contributed by atoms with van der Waals surface area (Å²) < 4.78 is 10.7. The average molecular weight is 353 g/mol. The molecule has 1 fully saturated rings. The maximum absolute atomic E-state index is 12.7. The monoisotopic (exact) mass is 353 g/mol. The molecule has 3 heterocycles. The fourth-order valence-electron chi connectivity index (χ4n) is 3.23. The predicted octanol–water partition coefficient (Wildman–Crippen LogP) is 2.19. The molecule has 134 valence electrons. The molecule has 1 saturated heterocycles. The Balaban J connectivity index is 1.64. The number of aromatic amines is 1. The molecule has 0 bridgehead atoms. The van der Waals surface area contributed by atoms with E-state index in [0.717, 1.165) is 10.8 Å². The number of nitrogens with one attached hydrogen (secondary N) is 2. The lowest BCUT2D eigenvalue weighted by atomic mass is 10.1. The Morgan fingerprint density at radius 1 is 1.19 bits per heavy atom. The molecule has 26 heavy (non-hydrogen) atoms. The van der Waals surface area contributed by atoms with Gasteiger partial charge in [-0.2, -0.15) is 5.10 Å². The first-order chi connectivity index (χ1) is 12.7. The largest absolute Gasteiger partial charge is 0.493 e. The second-order valence-electron chi connectivity index (χ2n) is 6.01. The van der Waals surface area contributed by atoms with E-state index in [1.54, 1.807) is 37.6 Å². The molecule has 1 aliphatic rings. The van der Waals surface area contributed by atoms with Gasteiger partial charge >= 0.3 is 0 Å². The average Bonchev–Trinajstić information content (AvgIpc) is 3.31. The smallest absolute Gasteiger partial charge is 0.250 e. The van der Waals surface area contributed by atoms with E-state index in [4.69, 9.17) is 9.47 Å². The van der Waals surface area contributed by atoms with Crippen molar-refractivity contribution in [1.82, 2.24) is 15.2 Å². The van der Waals surface area contributed by atoms with Gasteiger partial charge in [0.25, 0.3) is 5.91 Å². The Labute approximate surface area is 150 Å². The lowest BCUT2D eigenvalue weighted by Gasteiger charge is -2.17. The number of rotatable bonds is 5. The van der Waals surface area contributed by atoms with Crippen LogP contribution in [0.4, 0.5) is 11.6 Å². The van der Waals surface area contributed by atoms with E-state index in [1.165, 1.54) is 0 Å². The molecule has 1 aromatic carbocycles. The van der Waals surface area contributed by atoms with E-state index in [2.05, 4.69) is 20.5 Å². The minimum absolute atomic E-state index is 0.00599. The molecular formula is C18H19N5O3. The molecule has 0 spiro atoms. The lowest BCUT2D eigenvalue weighted by Crippen LogP contribution is -2.33. The van der Waals surface area contributed by atoms with Crippen LogP contribution in [0.2, 0.25) is 0 Å². The fraction of sp³-hybridized carbons (Fsp3) is 0.278. The second kappa shape index (κ2) is 6.55. The summed E-state index contributed by atoms with van der Waals surface area (Å²) in [7, 11) is 3.20. The van der Waals surface area contributed by atoms with Gasteiger partial charge in [0, 0.05) is 24.2 Å². The molecule has 4 rings (SSSR count). The number of methoxy groups -OCH3 is 2. The van der Waals surface area contributed by atoms with Gasteiger partial charge < -0.3 is 14.8 Å². The summed E-state index contributed by atoms with van der Waals surface area (Å²) in [6.07, 6.45) is 4.03. The number of H-pyrrole nitrogens is 1. The maximum atomic E-state index is 12.7. The van der Waals surface area contributed by atoms with Gasteiger partial charge in [-0.3, -0.25) is 14.8 Å². The van der Waals surface area contributed by atoms with Crippen molar-refractivity contribution in [1.29, 1.82) is 0 Å². The van der Waals surface area contributed by atoms with E-state index in [9.17, 15) is 4.79 Å². The molecule has 0 saturated carbocycles. The minimum atomic E-state index is -0.343. The van der Waals surface area contributed by atoms with Gasteiger partial charge in [0.2, 0.25) is 0 Å². The van der Waals surface area contributed by atoms with Crippen LogP contribution in [0.3, 0.4) is 0 Å². The van der Waals surface area contributed by atoms with Crippen molar-refractivity contribution in [2.24, 2.45) is 0 Å². The molecular weight excluding hydrogens is 334 g/mol. The Kier molecular flexibility index (Phi) is 4.08. The van der Waals surface area contributed by atoms with Gasteiger partial charge in [-0.15, -0.1) is 0 Å². The van der Waals surface area contributed by atoms with Crippen molar-refractivity contribution in [2.75, 3.05) is 31.0 Å². The lowest BCUT2D eigenvalue weighted by molar-refractivity contribution is -0.117. The summed E-state index contributed by atoms with van der Waals surface area (Å²) >= 11 is 0. The van der Waals surface area contributed by atoms with Crippen LogP contribution in [0.25, 0.3) is 10.8 Å². The van der Waals surface area contributed by atoms with Crippen molar-refractivity contribution < 1.29 is 14.3 Å². The van der Waals surface area contributed by atoms with Crippen LogP contribution < -0.4 is 19.7 Å². The van der Waals surface area contributed by atoms with Crippen molar-refractivity contribution in [2.45, 2.75) is 12.5 Å². The summed E-state index contributed by atoms with van der Waals surface area (Å²) in [4.78, 5) is 18.8. The van der Waals surface area contributed by atoms with Gasteiger partial charge in [0.05, 0.1) is 20.4 Å². The number of hydrogen-bond donors (Lipinski definition) is 2. The number of nitrogens with zero attached hydrogens (tertiary/aromatic N) is 3. The first-order valence-corrected chi connectivity index (χ1v) is 8.29. The number of pyridine rings is 1. The zero-order valence-electron chi connectivity index (χ0n) is 14.5. The first kappa shape index (κ1) is 16.2. The Hall–Kier alpha value is -3.29. The third kappa shape index (κ3) is 2.69. The van der Waals surface area contributed by atoms with Crippen molar-refractivity contribution in [3.63, 3.8) is 0 Å². The standard InChI is InChI=1S/C18H19N5O3/c1-25-14-9-11-3-6-19-17(12(11)10-15(14)26-2)21-13-5-8-23(18(13)24)16-4-7-20-22-16/h3-4,6-7,9-10,13H,5,8H2,1-2H3,(H,19,21)(H,20,22). The summed E-state index contributed by atoms with van der Waals surface area (Å²) in [6.45, 7) is 0.626. The highest BCUT2D eigenvalue weighted by molar-refractivity contribution is 6.02. The van der Waals surface area contributed by atoms with Gasteiger partial charge in [-0.05, 0) is 30.0 Å². The van der Waals surface area contributed by atoms with Crippen LogP contribution in [0.1, 0.15) is 6.42 Å². The number of fused-ring (bicyclic) bond motifs is 1. The number of carbonyl (C=O) groups excluding carboxylic acids is 1. The highest BCUT2D eigenvalue weighted by Gasteiger charge is 2.33. The highest BCUT2D eigenvalue weighted by Crippen LogP contribution is 2.35. The van der Waals surface area contributed by atoms with Gasteiger partial charge in [0.1, 0.15) is 17.7 Å². The summed E-state index contributed by atoms with van der Waals surface area (Å²) in [5, 5.41) is 11.9. The van der Waals surface area contributed by atoms with E-state index >= 15 is 0 Å². The van der Waals surface area contributed by atoms with Crippen LogP contribution in [0.5, 0.6) is 11.5 Å². The molecule has 2 aromatic heterocycles. The molecule has 2 N–H and O–H groups in total. The summed E-state index contributed by atoms with van der Waals surface area (Å²) in [5.41, 5.74) is 0. The number of anilines is 2. The third-order valence-electron chi connectivity index (χ3n) is 4.56. The molecule has 8 nitrogen and oxygen atoms in total. The number of ether oxygens (including phenoxy) is 2. The van der Waals surface area contributed by atoms with Gasteiger partial charge in [-0.25, -0.2) is 4.98 Å².